The summed E-state index contributed by atoms with van der Waals surface area (Å²) in [6.45, 7) is 4.35. The maximum atomic E-state index is 12.8. The largest absolute Gasteiger partial charge is 0.501 e. The van der Waals surface area contributed by atoms with E-state index in [0.29, 0.717) is 90.0 Å². The number of ether oxygens (including phenoxy) is 3. The Morgan fingerprint density at radius 2 is 0.791 bits per heavy atom. The Labute approximate surface area is 246 Å². The summed E-state index contributed by atoms with van der Waals surface area (Å²) in [5.74, 6) is 0. The lowest BCUT2D eigenvalue weighted by Crippen LogP contribution is -2.33. The van der Waals surface area contributed by atoms with Crippen LogP contribution in [0.3, 0.4) is 0 Å². The molecule has 2 aromatic rings. The molecule has 0 bridgehead atoms. The Bertz CT molecular complexity index is 1260. The smallest absolute Gasteiger partial charge is 0.379 e. The van der Waals surface area contributed by atoms with Crippen molar-refractivity contribution in [3.8, 4) is 0 Å². The lowest BCUT2D eigenvalue weighted by atomic mass is 10.2. The van der Waals surface area contributed by atoms with E-state index < -0.39 is 40.5 Å². The van der Waals surface area contributed by atoms with Gasteiger partial charge >= 0.3 is 11.0 Å². The lowest BCUT2D eigenvalue weighted by molar-refractivity contribution is -0.0442. The van der Waals surface area contributed by atoms with Crippen LogP contribution in [0.4, 0.5) is 26.3 Å². The molecule has 1 aliphatic heterocycles. The Morgan fingerprint density at radius 3 is 1.07 bits per heavy atom. The molecule has 43 heavy (non-hydrogen) atoms. The van der Waals surface area contributed by atoms with Gasteiger partial charge in [0.25, 0.3) is 19.7 Å². The van der Waals surface area contributed by atoms with Crippen LogP contribution in [-0.4, -0.2) is 103 Å². The van der Waals surface area contributed by atoms with Gasteiger partial charge in [0.2, 0.25) is 0 Å². The Morgan fingerprint density at radius 1 is 0.512 bits per heavy atom. The van der Waals surface area contributed by atoms with E-state index in [1.54, 1.807) is 0 Å². The standard InChI is InChI=1S/C26H32F6N2O7S2/c27-25(28,29)42(35,36)23-5-1-21(2-6-23)19-33-9-13-39-14-10-34(12-16-41-18-17-40-15-11-33)20-22-3-7-24(8-4-22)43(37,38)26(30,31)32/h1-8H,9-20H2. The summed E-state index contributed by atoms with van der Waals surface area (Å²) < 4.78 is 140. The zero-order chi connectivity index (χ0) is 31.7. The number of alkyl halides is 6. The third-order valence-corrected chi connectivity index (χ3v) is 9.47. The zero-order valence-corrected chi connectivity index (χ0v) is 24.6. The fourth-order valence-corrected chi connectivity index (χ4v) is 5.59. The van der Waals surface area contributed by atoms with Gasteiger partial charge in [0.15, 0.2) is 0 Å². The molecule has 242 valence electrons. The van der Waals surface area contributed by atoms with E-state index in [2.05, 4.69) is 0 Å². The maximum Gasteiger partial charge on any atom is 0.501 e. The minimum absolute atomic E-state index is 0.300. The Kier molecular flexibility index (Phi) is 12.4. The highest BCUT2D eigenvalue weighted by molar-refractivity contribution is 7.92. The van der Waals surface area contributed by atoms with Crippen LogP contribution in [0.15, 0.2) is 58.3 Å². The van der Waals surface area contributed by atoms with E-state index in [4.69, 9.17) is 14.2 Å². The highest BCUT2D eigenvalue weighted by Gasteiger charge is 2.47. The van der Waals surface area contributed by atoms with Crippen LogP contribution in [-0.2, 0) is 47.0 Å². The highest BCUT2D eigenvalue weighted by atomic mass is 32.2. The number of hydrogen-bond donors (Lipinski definition) is 0. The second kappa shape index (κ2) is 15.1. The molecular formula is C26H32F6N2O7S2. The average Bonchev–Trinajstić information content (AvgIpc) is 2.93. The van der Waals surface area contributed by atoms with Crippen molar-refractivity contribution in [3.05, 3.63) is 59.7 Å². The van der Waals surface area contributed by atoms with E-state index in [0.717, 1.165) is 24.3 Å². The Hall–Kier alpha value is -2.28. The van der Waals surface area contributed by atoms with E-state index in [9.17, 15) is 43.2 Å². The molecule has 0 spiro atoms. The van der Waals surface area contributed by atoms with Crippen LogP contribution in [0.2, 0.25) is 0 Å². The molecule has 1 heterocycles. The predicted molar refractivity (Wildman–Crippen MR) is 142 cm³/mol. The predicted octanol–water partition coefficient (Wildman–Crippen LogP) is 3.64. The lowest BCUT2D eigenvalue weighted by Gasteiger charge is -2.24. The second-order valence-corrected chi connectivity index (χ2v) is 13.5. The number of sulfone groups is 2. The summed E-state index contributed by atoms with van der Waals surface area (Å²) in [6.07, 6.45) is 0. The summed E-state index contributed by atoms with van der Waals surface area (Å²) in [5, 5.41) is 0. The van der Waals surface area contributed by atoms with Crippen LogP contribution < -0.4 is 0 Å². The first kappa shape index (κ1) is 35.2. The van der Waals surface area contributed by atoms with Crippen LogP contribution in [0.5, 0.6) is 0 Å². The number of nitrogens with zero attached hydrogens (tertiary/aromatic N) is 2. The molecule has 3 rings (SSSR count). The summed E-state index contributed by atoms with van der Waals surface area (Å²) in [5.41, 5.74) is -9.58. The van der Waals surface area contributed by atoms with Crippen LogP contribution in [0.1, 0.15) is 11.1 Å². The molecule has 0 aromatic heterocycles. The molecule has 0 amide bonds. The van der Waals surface area contributed by atoms with Crippen molar-refractivity contribution in [1.82, 2.24) is 9.80 Å². The van der Waals surface area contributed by atoms with Crippen molar-refractivity contribution < 1.29 is 57.4 Å². The highest BCUT2D eigenvalue weighted by Crippen LogP contribution is 2.31. The van der Waals surface area contributed by atoms with Crippen molar-refractivity contribution in [2.75, 3.05) is 65.8 Å². The molecule has 1 saturated heterocycles. The molecule has 1 fully saturated rings. The van der Waals surface area contributed by atoms with Gasteiger partial charge in [0.1, 0.15) is 0 Å². The van der Waals surface area contributed by atoms with E-state index in [-0.39, 0.29) is 0 Å². The van der Waals surface area contributed by atoms with Gasteiger partial charge in [-0.3, -0.25) is 9.80 Å². The number of rotatable bonds is 6. The van der Waals surface area contributed by atoms with E-state index >= 15 is 0 Å². The monoisotopic (exact) mass is 662 g/mol. The van der Waals surface area contributed by atoms with Gasteiger partial charge < -0.3 is 14.2 Å². The molecule has 1 aliphatic rings. The van der Waals surface area contributed by atoms with Gasteiger partial charge in [-0.15, -0.1) is 0 Å². The molecule has 0 unspecified atom stereocenters. The Balaban J connectivity index is 1.58. The SMILES string of the molecule is O=S(=O)(c1ccc(CN2CCOCCOCCN(Cc3ccc(S(=O)(=O)C(F)(F)F)cc3)CCOCC2)cc1)C(F)(F)F. The third-order valence-electron chi connectivity index (χ3n) is 6.47. The first-order valence-electron chi connectivity index (χ1n) is 13.1. The fraction of sp³-hybridized carbons (Fsp3) is 0.538. The van der Waals surface area contributed by atoms with Crippen molar-refractivity contribution in [3.63, 3.8) is 0 Å². The molecule has 0 N–H and O–H groups in total. The summed E-state index contributed by atoms with van der Waals surface area (Å²) in [6, 6.07) is 9.00. The molecule has 0 aliphatic carbocycles. The van der Waals surface area contributed by atoms with Crippen molar-refractivity contribution in [1.29, 1.82) is 0 Å². The zero-order valence-electron chi connectivity index (χ0n) is 22.9. The van der Waals surface area contributed by atoms with Crippen LogP contribution in [0.25, 0.3) is 0 Å². The van der Waals surface area contributed by atoms with Crippen LogP contribution in [0, 0.1) is 0 Å². The van der Waals surface area contributed by atoms with Gasteiger partial charge in [-0.1, -0.05) is 24.3 Å². The van der Waals surface area contributed by atoms with Gasteiger partial charge in [-0.05, 0) is 35.4 Å². The molecule has 0 radical (unpaired) electrons. The minimum Gasteiger partial charge on any atom is -0.379 e. The number of halogens is 6. The normalized spacial score (nSPS) is 18.6. The van der Waals surface area contributed by atoms with Gasteiger partial charge in [0, 0.05) is 39.3 Å². The summed E-state index contributed by atoms with van der Waals surface area (Å²) >= 11 is 0. The first-order valence-corrected chi connectivity index (χ1v) is 16.1. The summed E-state index contributed by atoms with van der Waals surface area (Å²) in [4.78, 5) is 2.23. The molecular weight excluding hydrogens is 630 g/mol. The maximum absolute atomic E-state index is 12.8. The summed E-state index contributed by atoms with van der Waals surface area (Å²) in [7, 11) is -10.9. The quantitative estimate of drug-likeness (QED) is 0.429. The second-order valence-electron chi connectivity index (χ2n) is 9.58. The minimum atomic E-state index is -5.44. The average molecular weight is 663 g/mol. The van der Waals surface area contributed by atoms with E-state index in [1.807, 2.05) is 9.80 Å². The van der Waals surface area contributed by atoms with Gasteiger partial charge in [0.05, 0.1) is 49.4 Å². The van der Waals surface area contributed by atoms with Gasteiger partial charge in [-0.25, -0.2) is 16.8 Å². The van der Waals surface area contributed by atoms with Crippen LogP contribution >= 0.6 is 0 Å². The third kappa shape index (κ3) is 10.1. The molecule has 0 saturated carbocycles. The first-order chi connectivity index (χ1) is 20.1. The topological polar surface area (TPSA) is 102 Å². The molecule has 17 heteroatoms. The number of benzene rings is 2. The van der Waals surface area contributed by atoms with Crippen molar-refractivity contribution in [2.45, 2.75) is 33.9 Å². The fourth-order valence-electron chi connectivity index (χ4n) is 4.07. The van der Waals surface area contributed by atoms with E-state index in [1.165, 1.54) is 24.3 Å². The molecule has 2 aromatic carbocycles. The molecule has 9 nitrogen and oxygen atoms in total. The van der Waals surface area contributed by atoms with Crippen molar-refractivity contribution in [2.24, 2.45) is 0 Å². The van der Waals surface area contributed by atoms with Gasteiger partial charge in [-0.2, -0.15) is 26.3 Å². The number of hydrogen-bond acceptors (Lipinski definition) is 9. The molecule has 0 atom stereocenters. The van der Waals surface area contributed by atoms with Crippen molar-refractivity contribution >= 4 is 19.7 Å².